The molecule has 0 fully saturated rings. The van der Waals surface area contributed by atoms with Gasteiger partial charge in [0.05, 0.1) is 0 Å². The van der Waals surface area contributed by atoms with Crippen LogP contribution in [0.4, 0.5) is 0 Å². The average Bonchev–Trinajstić information content (AvgIpc) is 2.63. The molecule has 0 saturated carbocycles. The number of allylic oxidation sites excluding steroid dienone is 3. The molecule has 0 saturated heterocycles. The molecule has 0 spiro atoms. The van der Waals surface area contributed by atoms with Crippen LogP contribution in [-0.2, 0) is 0 Å². The van der Waals surface area contributed by atoms with Crippen molar-refractivity contribution in [2.45, 2.75) is 97.8 Å². The maximum Gasteiger partial charge on any atom is 0.0169 e. The molecule has 1 heteroatoms. The first-order chi connectivity index (χ1) is 12.3. The van der Waals surface area contributed by atoms with E-state index in [-0.39, 0.29) is 0 Å². The van der Waals surface area contributed by atoms with Crippen LogP contribution in [0.1, 0.15) is 97.8 Å². The van der Waals surface area contributed by atoms with Crippen molar-refractivity contribution in [2.75, 3.05) is 19.6 Å². The summed E-state index contributed by atoms with van der Waals surface area (Å²) in [6.07, 6.45) is 29.9. The van der Waals surface area contributed by atoms with Crippen LogP contribution in [0.2, 0.25) is 0 Å². The van der Waals surface area contributed by atoms with E-state index in [0.29, 0.717) is 0 Å². The summed E-state index contributed by atoms with van der Waals surface area (Å²) in [7, 11) is 0. The van der Waals surface area contributed by atoms with Crippen molar-refractivity contribution in [1.82, 2.24) is 4.90 Å². The lowest BCUT2D eigenvalue weighted by atomic mass is 10.2. The summed E-state index contributed by atoms with van der Waals surface area (Å²) in [5.41, 5.74) is 0. The molecule has 0 aliphatic rings. The first-order valence-electron chi connectivity index (χ1n) is 11.0. The van der Waals surface area contributed by atoms with Gasteiger partial charge in [0.15, 0.2) is 0 Å². The summed E-state index contributed by atoms with van der Waals surface area (Å²) in [6.45, 7) is 10.0. The third kappa shape index (κ3) is 19.4. The Morgan fingerprint density at radius 2 is 0.760 bits per heavy atom. The highest BCUT2D eigenvalue weighted by Gasteiger charge is 1.97. The molecule has 0 rings (SSSR count). The highest BCUT2D eigenvalue weighted by Crippen LogP contribution is 2.03. The second-order valence-corrected chi connectivity index (χ2v) is 7.12. The van der Waals surface area contributed by atoms with E-state index in [0.717, 1.165) is 19.6 Å². The number of rotatable bonds is 18. The molecule has 0 unspecified atom stereocenters. The van der Waals surface area contributed by atoms with Crippen LogP contribution in [0.15, 0.2) is 36.5 Å². The van der Waals surface area contributed by atoms with E-state index < -0.39 is 0 Å². The molecule has 0 aromatic rings. The molecular weight excluding hydrogens is 302 g/mol. The predicted molar refractivity (Wildman–Crippen MR) is 116 cm³/mol. The number of hydrogen-bond donors (Lipinski definition) is 0. The molecule has 0 amide bonds. The first-order valence-corrected chi connectivity index (χ1v) is 11.0. The van der Waals surface area contributed by atoms with Crippen molar-refractivity contribution < 1.29 is 0 Å². The fourth-order valence-corrected chi connectivity index (χ4v) is 2.78. The monoisotopic (exact) mass is 347 g/mol. The third-order valence-electron chi connectivity index (χ3n) is 4.51. The van der Waals surface area contributed by atoms with Crippen LogP contribution < -0.4 is 0 Å². The summed E-state index contributed by atoms with van der Waals surface area (Å²) in [4.78, 5) is 2.53. The van der Waals surface area contributed by atoms with Gasteiger partial charge in [-0.1, -0.05) is 95.8 Å². The predicted octanol–water partition coefficient (Wildman–Crippen LogP) is 7.70. The van der Waals surface area contributed by atoms with Crippen molar-refractivity contribution in [2.24, 2.45) is 0 Å². The summed E-state index contributed by atoms with van der Waals surface area (Å²) < 4.78 is 0. The summed E-state index contributed by atoms with van der Waals surface area (Å²) in [6, 6.07) is 0. The lowest BCUT2D eigenvalue weighted by molar-refractivity contribution is 0.371. The minimum absolute atomic E-state index is 1.07. The Morgan fingerprint density at radius 3 is 1.04 bits per heavy atom. The SMILES string of the molecule is CCCCC/C=C/CN(C/C=C/CCCCC)C/C=C/CCCCC. The van der Waals surface area contributed by atoms with Gasteiger partial charge in [-0.05, 0) is 38.5 Å². The van der Waals surface area contributed by atoms with Crippen LogP contribution in [0.3, 0.4) is 0 Å². The fourth-order valence-electron chi connectivity index (χ4n) is 2.78. The quantitative estimate of drug-likeness (QED) is 0.181. The Balaban J connectivity index is 4.11. The summed E-state index contributed by atoms with van der Waals surface area (Å²) in [5, 5.41) is 0. The van der Waals surface area contributed by atoms with Crippen molar-refractivity contribution in [3.63, 3.8) is 0 Å². The van der Waals surface area contributed by atoms with Gasteiger partial charge in [0, 0.05) is 19.6 Å². The van der Waals surface area contributed by atoms with Gasteiger partial charge in [-0.2, -0.15) is 0 Å². The second-order valence-electron chi connectivity index (χ2n) is 7.12. The van der Waals surface area contributed by atoms with E-state index in [1.165, 1.54) is 77.0 Å². The Morgan fingerprint density at radius 1 is 0.440 bits per heavy atom. The Bertz CT molecular complexity index is 275. The normalized spacial score (nSPS) is 12.5. The van der Waals surface area contributed by atoms with E-state index in [2.05, 4.69) is 62.1 Å². The van der Waals surface area contributed by atoms with Gasteiger partial charge < -0.3 is 0 Å². The topological polar surface area (TPSA) is 3.24 Å². The van der Waals surface area contributed by atoms with Crippen LogP contribution >= 0.6 is 0 Å². The molecule has 0 N–H and O–H groups in total. The van der Waals surface area contributed by atoms with Crippen molar-refractivity contribution in [3.05, 3.63) is 36.5 Å². The third-order valence-corrected chi connectivity index (χ3v) is 4.51. The zero-order chi connectivity index (χ0) is 18.4. The number of nitrogens with zero attached hydrogens (tertiary/aromatic N) is 1. The molecule has 0 heterocycles. The molecule has 0 atom stereocenters. The molecule has 0 aliphatic heterocycles. The molecule has 0 aromatic carbocycles. The Hall–Kier alpha value is -0.820. The maximum absolute atomic E-state index is 2.53. The minimum Gasteiger partial charge on any atom is -0.292 e. The Kier molecular flexibility index (Phi) is 20.5. The van der Waals surface area contributed by atoms with Gasteiger partial charge in [0.2, 0.25) is 0 Å². The van der Waals surface area contributed by atoms with E-state index in [9.17, 15) is 0 Å². The maximum atomic E-state index is 2.53. The van der Waals surface area contributed by atoms with Crippen LogP contribution in [0.25, 0.3) is 0 Å². The van der Waals surface area contributed by atoms with Crippen LogP contribution in [-0.4, -0.2) is 24.5 Å². The molecule has 1 nitrogen and oxygen atoms in total. The van der Waals surface area contributed by atoms with Crippen LogP contribution in [0.5, 0.6) is 0 Å². The van der Waals surface area contributed by atoms with Crippen molar-refractivity contribution in [1.29, 1.82) is 0 Å². The smallest absolute Gasteiger partial charge is 0.0169 e. The standard InChI is InChI=1S/C24H45N/c1-4-7-10-13-16-19-22-25(23-20-17-14-11-8-5-2)24-21-18-15-12-9-6-3/h16-21H,4-15,22-24H2,1-3H3/b19-16+,20-17+,21-18+. The van der Waals surface area contributed by atoms with Gasteiger partial charge in [-0.25, -0.2) is 0 Å². The Labute approximate surface area is 159 Å². The molecular formula is C24H45N. The van der Waals surface area contributed by atoms with Crippen molar-refractivity contribution >= 4 is 0 Å². The molecule has 0 bridgehead atoms. The zero-order valence-corrected chi connectivity index (χ0v) is 17.5. The van der Waals surface area contributed by atoms with E-state index in [1.54, 1.807) is 0 Å². The van der Waals surface area contributed by atoms with Crippen molar-refractivity contribution in [3.8, 4) is 0 Å². The fraction of sp³-hybridized carbons (Fsp3) is 0.750. The number of unbranched alkanes of at least 4 members (excludes halogenated alkanes) is 9. The van der Waals surface area contributed by atoms with Gasteiger partial charge in [-0.3, -0.25) is 4.90 Å². The van der Waals surface area contributed by atoms with E-state index in [1.807, 2.05) is 0 Å². The molecule has 25 heavy (non-hydrogen) atoms. The van der Waals surface area contributed by atoms with E-state index >= 15 is 0 Å². The van der Waals surface area contributed by atoms with Gasteiger partial charge >= 0.3 is 0 Å². The molecule has 0 aromatic heterocycles. The second kappa shape index (κ2) is 21.2. The highest BCUT2D eigenvalue weighted by atomic mass is 15.1. The molecule has 0 radical (unpaired) electrons. The average molecular weight is 348 g/mol. The summed E-state index contributed by atoms with van der Waals surface area (Å²) in [5.74, 6) is 0. The van der Waals surface area contributed by atoms with Gasteiger partial charge in [0.1, 0.15) is 0 Å². The largest absolute Gasteiger partial charge is 0.292 e. The lowest BCUT2D eigenvalue weighted by Gasteiger charge is -2.16. The minimum atomic E-state index is 1.07. The zero-order valence-electron chi connectivity index (χ0n) is 17.5. The van der Waals surface area contributed by atoms with Gasteiger partial charge in [-0.15, -0.1) is 0 Å². The van der Waals surface area contributed by atoms with E-state index in [4.69, 9.17) is 0 Å². The highest BCUT2D eigenvalue weighted by molar-refractivity contribution is 4.93. The number of hydrogen-bond acceptors (Lipinski definition) is 1. The molecule has 146 valence electrons. The summed E-state index contributed by atoms with van der Waals surface area (Å²) >= 11 is 0. The van der Waals surface area contributed by atoms with Crippen LogP contribution in [0, 0.1) is 0 Å². The first kappa shape index (κ1) is 24.2. The van der Waals surface area contributed by atoms with Gasteiger partial charge in [0.25, 0.3) is 0 Å². The lowest BCUT2D eigenvalue weighted by Crippen LogP contribution is -2.24. The molecule has 0 aliphatic carbocycles.